The van der Waals surface area contributed by atoms with Crippen molar-refractivity contribution in [2.45, 2.75) is 0 Å². The molecule has 0 radical (unpaired) electrons. The average Bonchev–Trinajstić information content (AvgIpc) is 2.84. The lowest BCUT2D eigenvalue weighted by Crippen LogP contribution is -2.37. The van der Waals surface area contributed by atoms with Crippen LogP contribution in [-0.4, -0.2) is 29.3 Å². The van der Waals surface area contributed by atoms with E-state index in [0.29, 0.717) is 22.4 Å². The first-order chi connectivity index (χ1) is 8.66. The molecule has 1 aromatic carbocycles. The summed E-state index contributed by atoms with van der Waals surface area (Å²) in [7, 11) is 0. The van der Waals surface area contributed by atoms with Crippen LogP contribution < -0.4 is 10.6 Å². The Labute approximate surface area is 113 Å². The lowest BCUT2D eigenvalue weighted by molar-refractivity contribution is -0.135. The van der Waals surface area contributed by atoms with E-state index in [4.69, 9.17) is 11.6 Å². The predicted molar refractivity (Wildman–Crippen MR) is 73.0 cm³/mol. The van der Waals surface area contributed by atoms with Crippen LogP contribution in [-0.2, 0) is 9.59 Å². The highest BCUT2D eigenvalue weighted by Crippen LogP contribution is 2.20. The molecule has 18 heavy (non-hydrogen) atoms. The van der Waals surface area contributed by atoms with Crippen molar-refractivity contribution >= 4 is 46.0 Å². The maximum Gasteiger partial charge on any atom is 0.315 e. The number of halogens is 1. The van der Waals surface area contributed by atoms with Gasteiger partial charge in [0.2, 0.25) is 0 Å². The van der Waals surface area contributed by atoms with Gasteiger partial charge in [-0.15, -0.1) is 0 Å². The second-order valence-corrected chi connectivity index (χ2v) is 4.91. The molecule has 2 N–H and O–H groups in total. The Balaban J connectivity index is 1.95. The highest BCUT2D eigenvalue weighted by Gasteiger charge is 2.18. The molecule has 0 bridgehead atoms. The summed E-state index contributed by atoms with van der Waals surface area (Å²) in [5.74, 6) is -0.691. The normalized spacial score (nSPS) is 13.9. The molecule has 0 atom stereocenters. The number of para-hydroxylation sites is 1. The van der Waals surface area contributed by atoms with Gasteiger partial charge in [0.1, 0.15) is 0 Å². The first-order valence-corrected chi connectivity index (χ1v) is 6.57. The van der Waals surface area contributed by atoms with Crippen molar-refractivity contribution in [2.75, 3.05) is 17.6 Å². The van der Waals surface area contributed by atoms with Crippen LogP contribution in [0.1, 0.15) is 0 Å². The summed E-state index contributed by atoms with van der Waals surface area (Å²) in [6.07, 6.45) is 0. The molecule has 1 aromatic rings. The van der Waals surface area contributed by atoms with Gasteiger partial charge in [-0.25, -0.2) is 0 Å². The van der Waals surface area contributed by atoms with E-state index >= 15 is 0 Å². The summed E-state index contributed by atoms with van der Waals surface area (Å²) in [5, 5.41) is 5.74. The third kappa shape index (κ3) is 3.24. The van der Waals surface area contributed by atoms with Crippen LogP contribution in [0.4, 0.5) is 5.69 Å². The largest absolute Gasteiger partial charge is 0.316 e. The number of amides is 2. The number of benzene rings is 1. The van der Waals surface area contributed by atoms with Crippen LogP contribution in [0.15, 0.2) is 29.3 Å². The van der Waals surface area contributed by atoms with Gasteiger partial charge in [0.15, 0.2) is 5.17 Å². The molecule has 1 aliphatic heterocycles. The van der Waals surface area contributed by atoms with Gasteiger partial charge in [-0.3, -0.25) is 19.9 Å². The Kier molecular flexibility index (Phi) is 4.22. The highest BCUT2D eigenvalue weighted by molar-refractivity contribution is 8.14. The zero-order chi connectivity index (χ0) is 13.0. The number of carbonyl (C=O) groups is 2. The molecular weight excluding hydrogens is 274 g/mol. The summed E-state index contributed by atoms with van der Waals surface area (Å²) < 4.78 is 0. The molecule has 1 aliphatic rings. The van der Waals surface area contributed by atoms with Gasteiger partial charge in [-0.2, -0.15) is 0 Å². The minimum absolute atomic E-state index is 0.381. The fourth-order valence-corrected chi connectivity index (χ4v) is 2.21. The van der Waals surface area contributed by atoms with Crippen molar-refractivity contribution in [3.63, 3.8) is 0 Å². The molecule has 0 aromatic heterocycles. The molecule has 0 saturated heterocycles. The molecule has 0 aliphatic carbocycles. The minimum Gasteiger partial charge on any atom is -0.316 e. The monoisotopic (exact) mass is 283 g/mol. The number of amidine groups is 1. The van der Waals surface area contributed by atoms with Gasteiger partial charge in [-0.1, -0.05) is 35.5 Å². The molecule has 2 rings (SSSR count). The van der Waals surface area contributed by atoms with Gasteiger partial charge < -0.3 is 5.32 Å². The lowest BCUT2D eigenvalue weighted by Gasteiger charge is -2.06. The highest BCUT2D eigenvalue weighted by atomic mass is 35.5. The Hall–Kier alpha value is -1.53. The summed E-state index contributed by atoms with van der Waals surface area (Å²) in [6, 6.07) is 6.71. The quantitative estimate of drug-likeness (QED) is 0.767. The Morgan fingerprint density at radius 2 is 1.94 bits per heavy atom. The number of hydrogen-bond donors (Lipinski definition) is 2. The molecule has 2 amide bonds. The van der Waals surface area contributed by atoms with Crippen molar-refractivity contribution in [3.8, 4) is 0 Å². The lowest BCUT2D eigenvalue weighted by atomic mass is 10.3. The summed E-state index contributed by atoms with van der Waals surface area (Å²) in [4.78, 5) is 27.2. The van der Waals surface area contributed by atoms with Crippen molar-refractivity contribution < 1.29 is 9.59 Å². The van der Waals surface area contributed by atoms with Crippen molar-refractivity contribution in [1.29, 1.82) is 0 Å². The molecule has 0 saturated carbocycles. The second kappa shape index (κ2) is 5.88. The smallest absolute Gasteiger partial charge is 0.315 e. The van der Waals surface area contributed by atoms with Crippen LogP contribution in [0.2, 0.25) is 5.02 Å². The molecule has 0 fully saturated rings. The predicted octanol–water partition coefficient (Wildman–Crippen LogP) is 1.50. The first kappa shape index (κ1) is 12.9. The number of hydrogen-bond acceptors (Lipinski definition) is 4. The van der Waals surface area contributed by atoms with E-state index in [1.54, 1.807) is 24.3 Å². The SMILES string of the molecule is O=C(NC1=NCCS1)C(=O)Nc1ccccc1Cl. The number of nitrogens with one attached hydrogen (secondary N) is 2. The molecule has 5 nitrogen and oxygen atoms in total. The van der Waals surface area contributed by atoms with E-state index in [2.05, 4.69) is 15.6 Å². The molecular formula is C11H10ClN3O2S. The topological polar surface area (TPSA) is 70.6 Å². The molecule has 0 unspecified atom stereocenters. The number of aliphatic imine (C=N–C) groups is 1. The molecule has 1 heterocycles. The Bertz CT molecular complexity index is 519. The third-order valence-corrected chi connectivity index (χ3v) is 3.36. The Morgan fingerprint density at radius 3 is 2.61 bits per heavy atom. The van der Waals surface area contributed by atoms with E-state index in [9.17, 15) is 9.59 Å². The van der Waals surface area contributed by atoms with Crippen LogP contribution in [0.3, 0.4) is 0 Å². The number of rotatable bonds is 1. The van der Waals surface area contributed by atoms with Crippen LogP contribution in [0.5, 0.6) is 0 Å². The van der Waals surface area contributed by atoms with Crippen molar-refractivity contribution in [2.24, 2.45) is 4.99 Å². The zero-order valence-corrected chi connectivity index (χ0v) is 10.8. The van der Waals surface area contributed by atoms with Crippen LogP contribution in [0, 0.1) is 0 Å². The van der Waals surface area contributed by atoms with E-state index in [1.807, 2.05) is 0 Å². The first-order valence-electron chi connectivity index (χ1n) is 5.21. The van der Waals surface area contributed by atoms with Gasteiger partial charge in [-0.05, 0) is 12.1 Å². The fourth-order valence-electron chi connectivity index (χ4n) is 1.31. The molecule has 94 valence electrons. The third-order valence-electron chi connectivity index (χ3n) is 2.13. The van der Waals surface area contributed by atoms with Crippen LogP contribution in [0.25, 0.3) is 0 Å². The second-order valence-electron chi connectivity index (χ2n) is 3.42. The Morgan fingerprint density at radius 1 is 1.22 bits per heavy atom. The van der Waals surface area contributed by atoms with E-state index in [1.165, 1.54) is 11.8 Å². The number of carbonyl (C=O) groups excluding carboxylic acids is 2. The van der Waals surface area contributed by atoms with E-state index < -0.39 is 11.8 Å². The standard InChI is InChI=1S/C11H10ClN3O2S/c12-7-3-1-2-4-8(7)14-9(16)10(17)15-11-13-5-6-18-11/h1-4H,5-6H2,(H,14,16)(H,13,15,17). The van der Waals surface area contributed by atoms with Crippen molar-refractivity contribution in [3.05, 3.63) is 29.3 Å². The molecule has 0 spiro atoms. The van der Waals surface area contributed by atoms with Gasteiger partial charge in [0.05, 0.1) is 17.3 Å². The average molecular weight is 284 g/mol. The zero-order valence-electron chi connectivity index (χ0n) is 9.27. The maximum absolute atomic E-state index is 11.6. The van der Waals surface area contributed by atoms with Gasteiger partial charge >= 0.3 is 11.8 Å². The fraction of sp³-hybridized carbons (Fsp3) is 0.182. The van der Waals surface area contributed by atoms with Crippen LogP contribution >= 0.6 is 23.4 Å². The van der Waals surface area contributed by atoms with Crippen molar-refractivity contribution in [1.82, 2.24) is 5.32 Å². The molecule has 7 heteroatoms. The van der Waals surface area contributed by atoms with Gasteiger partial charge in [0, 0.05) is 5.75 Å². The van der Waals surface area contributed by atoms with E-state index in [-0.39, 0.29) is 0 Å². The summed E-state index contributed by atoms with van der Waals surface area (Å²) in [5.41, 5.74) is 0.403. The van der Waals surface area contributed by atoms with Gasteiger partial charge in [0.25, 0.3) is 0 Å². The number of nitrogens with zero attached hydrogens (tertiary/aromatic N) is 1. The maximum atomic E-state index is 11.6. The summed E-state index contributed by atoms with van der Waals surface area (Å²) >= 11 is 7.28. The number of thioether (sulfide) groups is 1. The number of anilines is 1. The summed E-state index contributed by atoms with van der Waals surface area (Å²) in [6.45, 7) is 0.659. The minimum atomic E-state index is -0.765. The van der Waals surface area contributed by atoms with E-state index in [0.717, 1.165) is 5.75 Å².